The summed E-state index contributed by atoms with van der Waals surface area (Å²) in [6, 6.07) is 0.259. The Kier molecular flexibility index (Phi) is 4.35. The maximum Gasteiger partial charge on any atom is 0.0483 e. The van der Waals surface area contributed by atoms with Gasteiger partial charge in [0.1, 0.15) is 0 Å². The van der Waals surface area contributed by atoms with Crippen molar-refractivity contribution in [3.8, 4) is 0 Å². The summed E-state index contributed by atoms with van der Waals surface area (Å²) >= 11 is 0. The van der Waals surface area contributed by atoms with Crippen LogP contribution in [0, 0.1) is 5.92 Å². The first-order valence-corrected chi connectivity index (χ1v) is 5.62. The van der Waals surface area contributed by atoms with Gasteiger partial charge in [0.15, 0.2) is 0 Å². The monoisotopic (exact) mass is 200 g/mol. The molecule has 1 fully saturated rings. The summed E-state index contributed by atoms with van der Waals surface area (Å²) < 4.78 is 5.35. The minimum absolute atomic E-state index is 0.241. The lowest BCUT2D eigenvalue weighted by molar-refractivity contribution is 0.0444. The zero-order valence-corrected chi connectivity index (χ0v) is 9.68. The predicted octanol–water partition coefficient (Wildman–Crippen LogP) is 1.13. The Labute approximate surface area is 87.4 Å². The van der Waals surface area contributed by atoms with Crippen LogP contribution in [0.4, 0.5) is 0 Å². The Morgan fingerprint density at radius 3 is 2.43 bits per heavy atom. The highest BCUT2D eigenvalue weighted by molar-refractivity contribution is 4.87. The van der Waals surface area contributed by atoms with Gasteiger partial charge in [0.05, 0.1) is 0 Å². The van der Waals surface area contributed by atoms with Gasteiger partial charge in [-0.3, -0.25) is 0 Å². The Bertz CT molecular complexity index is 165. The Balaban J connectivity index is 2.28. The normalized spacial score (nSPS) is 23.8. The molecule has 0 radical (unpaired) electrons. The van der Waals surface area contributed by atoms with Gasteiger partial charge in [-0.05, 0) is 25.7 Å². The van der Waals surface area contributed by atoms with Gasteiger partial charge in [-0.2, -0.15) is 0 Å². The second-order valence-corrected chi connectivity index (χ2v) is 4.96. The molecule has 1 atom stereocenters. The summed E-state index contributed by atoms with van der Waals surface area (Å²) in [5.41, 5.74) is 6.24. The van der Waals surface area contributed by atoms with Crippen LogP contribution in [-0.4, -0.2) is 31.3 Å². The van der Waals surface area contributed by atoms with Crippen LogP contribution in [0.3, 0.4) is 0 Å². The zero-order chi connectivity index (χ0) is 10.6. The first-order chi connectivity index (χ1) is 6.53. The minimum Gasteiger partial charge on any atom is -0.381 e. The molecule has 84 valence electrons. The molecule has 0 saturated carbocycles. The Morgan fingerprint density at radius 1 is 1.36 bits per heavy atom. The van der Waals surface area contributed by atoms with E-state index in [1.165, 1.54) is 0 Å². The number of hydrogen-bond donors (Lipinski definition) is 2. The molecule has 0 bridgehead atoms. The first-order valence-electron chi connectivity index (χ1n) is 5.62. The van der Waals surface area contributed by atoms with E-state index in [2.05, 4.69) is 26.1 Å². The third-order valence-corrected chi connectivity index (χ3v) is 3.22. The minimum atomic E-state index is 0.241. The summed E-state index contributed by atoms with van der Waals surface area (Å²) in [6.45, 7) is 9.26. The molecule has 0 aromatic heterocycles. The Hall–Kier alpha value is -0.120. The molecule has 0 aromatic carbocycles. The molecule has 0 amide bonds. The third-order valence-electron chi connectivity index (χ3n) is 3.22. The van der Waals surface area contributed by atoms with Gasteiger partial charge in [-0.15, -0.1) is 0 Å². The molecule has 1 aliphatic rings. The molecular formula is C11H24N2O. The molecule has 1 heterocycles. The maximum atomic E-state index is 6.00. The van der Waals surface area contributed by atoms with E-state index in [9.17, 15) is 0 Å². The molecule has 1 aliphatic heterocycles. The van der Waals surface area contributed by atoms with E-state index in [1.54, 1.807) is 0 Å². The summed E-state index contributed by atoms with van der Waals surface area (Å²) in [5.74, 6) is 0.547. The smallest absolute Gasteiger partial charge is 0.0483 e. The number of nitrogens with two attached hydrogens (primary N) is 1. The molecule has 1 rings (SSSR count). The second kappa shape index (κ2) is 5.10. The maximum absolute atomic E-state index is 6.00. The van der Waals surface area contributed by atoms with E-state index in [0.717, 1.165) is 32.6 Å². The fourth-order valence-corrected chi connectivity index (χ4v) is 1.60. The van der Waals surface area contributed by atoms with Crippen LogP contribution in [-0.2, 0) is 4.74 Å². The summed E-state index contributed by atoms with van der Waals surface area (Å²) in [4.78, 5) is 0. The van der Waals surface area contributed by atoms with E-state index in [4.69, 9.17) is 10.5 Å². The van der Waals surface area contributed by atoms with Crippen molar-refractivity contribution in [1.82, 2.24) is 5.32 Å². The first kappa shape index (κ1) is 12.0. The van der Waals surface area contributed by atoms with Gasteiger partial charge < -0.3 is 15.8 Å². The average Bonchev–Trinajstić information content (AvgIpc) is 2.15. The molecule has 1 unspecified atom stereocenters. The van der Waals surface area contributed by atoms with Gasteiger partial charge in [-0.25, -0.2) is 0 Å². The van der Waals surface area contributed by atoms with Crippen LogP contribution in [0.1, 0.15) is 33.6 Å². The van der Waals surface area contributed by atoms with Crippen LogP contribution in [0.25, 0.3) is 0 Å². The van der Waals surface area contributed by atoms with Crippen LogP contribution in [0.2, 0.25) is 0 Å². The standard InChI is InChI=1S/C11H24N2O/c1-9(2)10(12)8-13-11(3)4-6-14-7-5-11/h9-10,13H,4-8,12H2,1-3H3. The van der Waals surface area contributed by atoms with Crippen molar-refractivity contribution in [2.24, 2.45) is 11.7 Å². The van der Waals surface area contributed by atoms with Crippen molar-refractivity contribution in [2.45, 2.75) is 45.2 Å². The molecule has 0 aliphatic carbocycles. The number of ether oxygens (including phenoxy) is 1. The molecule has 1 saturated heterocycles. The quantitative estimate of drug-likeness (QED) is 0.715. The molecule has 3 nitrogen and oxygen atoms in total. The highest BCUT2D eigenvalue weighted by atomic mass is 16.5. The van der Waals surface area contributed by atoms with Gasteiger partial charge in [0, 0.05) is 31.3 Å². The SMILES string of the molecule is CC(C)C(N)CNC1(C)CCOCC1. The van der Waals surface area contributed by atoms with E-state index in [1.807, 2.05) is 0 Å². The zero-order valence-electron chi connectivity index (χ0n) is 9.68. The summed E-state index contributed by atoms with van der Waals surface area (Å²) in [7, 11) is 0. The number of hydrogen-bond acceptors (Lipinski definition) is 3. The summed E-state index contributed by atoms with van der Waals surface area (Å²) in [5, 5.41) is 3.57. The average molecular weight is 200 g/mol. The number of rotatable bonds is 4. The van der Waals surface area contributed by atoms with Gasteiger partial charge >= 0.3 is 0 Å². The van der Waals surface area contributed by atoms with Crippen LogP contribution >= 0.6 is 0 Å². The summed E-state index contributed by atoms with van der Waals surface area (Å²) in [6.07, 6.45) is 2.19. The fraction of sp³-hybridized carbons (Fsp3) is 1.00. The van der Waals surface area contributed by atoms with E-state index >= 15 is 0 Å². The molecular weight excluding hydrogens is 176 g/mol. The van der Waals surface area contributed by atoms with Gasteiger partial charge in [0.25, 0.3) is 0 Å². The topological polar surface area (TPSA) is 47.3 Å². The molecule has 14 heavy (non-hydrogen) atoms. The lowest BCUT2D eigenvalue weighted by Gasteiger charge is -2.36. The largest absolute Gasteiger partial charge is 0.381 e. The van der Waals surface area contributed by atoms with Crippen molar-refractivity contribution in [3.63, 3.8) is 0 Å². The van der Waals surface area contributed by atoms with Crippen LogP contribution in [0.5, 0.6) is 0 Å². The van der Waals surface area contributed by atoms with Crippen LogP contribution < -0.4 is 11.1 Å². The van der Waals surface area contributed by atoms with Gasteiger partial charge in [0.2, 0.25) is 0 Å². The molecule has 3 N–H and O–H groups in total. The third kappa shape index (κ3) is 3.56. The van der Waals surface area contributed by atoms with Crippen molar-refractivity contribution < 1.29 is 4.74 Å². The lowest BCUT2D eigenvalue weighted by Crippen LogP contribution is -2.51. The molecule has 0 aromatic rings. The molecule has 0 spiro atoms. The van der Waals surface area contributed by atoms with E-state index in [0.29, 0.717) is 5.92 Å². The van der Waals surface area contributed by atoms with Crippen molar-refractivity contribution >= 4 is 0 Å². The highest BCUT2D eigenvalue weighted by Crippen LogP contribution is 2.19. The lowest BCUT2D eigenvalue weighted by atomic mass is 9.91. The fourth-order valence-electron chi connectivity index (χ4n) is 1.60. The van der Waals surface area contributed by atoms with E-state index in [-0.39, 0.29) is 11.6 Å². The van der Waals surface area contributed by atoms with Crippen LogP contribution in [0.15, 0.2) is 0 Å². The molecule has 3 heteroatoms. The van der Waals surface area contributed by atoms with Crippen molar-refractivity contribution in [1.29, 1.82) is 0 Å². The van der Waals surface area contributed by atoms with Crippen molar-refractivity contribution in [3.05, 3.63) is 0 Å². The second-order valence-electron chi connectivity index (χ2n) is 4.96. The van der Waals surface area contributed by atoms with Crippen molar-refractivity contribution in [2.75, 3.05) is 19.8 Å². The number of nitrogens with one attached hydrogen (secondary N) is 1. The van der Waals surface area contributed by atoms with Gasteiger partial charge in [-0.1, -0.05) is 13.8 Å². The Morgan fingerprint density at radius 2 is 1.93 bits per heavy atom. The highest BCUT2D eigenvalue weighted by Gasteiger charge is 2.27. The van der Waals surface area contributed by atoms with E-state index < -0.39 is 0 Å². The predicted molar refractivity (Wildman–Crippen MR) is 59.3 cm³/mol.